The number of benzene rings is 1. The molecule has 0 heterocycles. The SMILES string of the molecule is Br.Br.Br.Cc1ccccc1.N. The Balaban J connectivity index is -0.0000000612. The van der Waals surface area contributed by atoms with Crippen molar-refractivity contribution in [1.29, 1.82) is 0 Å². The molecule has 0 aliphatic carbocycles. The molecule has 1 aromatic carbocycles. The molecule has 0 fully saturated rings. The third kappa shape index (κ3) is 10.6. The van der Waals surface area contributed by atoms with E-state index in [1.54, 1.807) is 0 Å². The highest BCUT2D eigenvalue weighted by atomic mass is 79.9. The average molecular weight is 352 g/mol. The average Bonchev–Trinajstić information content (AvgIpc) is 1.69. The van der Waals surface area contributed by atoms with Crippen molar-refractivity contribution in [2.75, 3.05) is 0 Å². The predicted octanol–water partition coefficient (Wildman–Crippen LogP) is 3.89. The summed E-state index contributed by atoms with van der Waals surface area (Å²) in [5.74, 6) is 0. The van der Waals surface area contributed by atoms with Crippen molar-refractivity contribution in [3.8, 4) is 0 Å². The van der Waals surface area contributed by atoms with Gasteiger partial charge in [-0.2, -0.15) is 0 Å². The molecule has 0 unspecified atom stereocenters. The van der Waals surface area contributed by atoms with E-state index in [2.05, 4.69) is 19.1 Å². The summed E-state index contributed by atoms with van der Waals surface area (Å²) in [6.45, 7) is 2.08. The number of hydrogen-bond acceptors (Lipinski definition) is 1. The maximum atomic E-state index is 2.08. The predicted molar refractivity (Wildman–Crippen MR) is 67.2 cm³/mol. The molecule has 0 bridgehead atoms. The van der Waals surface area contributed by atoms with Gasteiger partial charge in [0.05, 0.1) is 0 Å². The van der Waals surface area contributed by atoms with Crippen LogP contribution in [0.2, 0.25) is 0 Å². The first-order valence-electron chi connectivity index (χ1n) is 2.41. The highest BCUT2D eigenvalue weighted by Gasteiger charge is 1.72. The fourth-order valence-corrected chi connectivity index (χ4v) is 0.534. The van der Waals surface area contributed by atoms with Crippen molar-refractivity contribution < 1.29 is 0 Å². The van der Waals surface area contributed by atoms with Crippen LogP contribution in [0, 0.1) is 6.92 Å². The van der Waals surface area contributed by atoms with Crippen LogP contribution in [-0.4, -0.2) is 0 Å². The monoisotopic (exact) mass is 349 g/mol. The number of rotatable bonds is 0. The molecule has 3 N–H and O–H groups in total. The van der Waals surface area contributed by atoms with Gasteiger partial charge in [0.25, 0.3) is 0 Å². The van der Waals surface area contributed by atoms with Gasteiger partial charge in [-0.15, -0.1) is 50.9 Å². The topological polar surface area (TPSA) is 35.0 Å². The molecular formula is C7H14Br3N. The van der Waals surface area contributed by atoms with E-state index in [-0.39, 0.29) is 57.1 Å². The van der Waals surface area contributed by atoms with Gasteiger partial charge >= 0.3 is 0 Å². The van der Waals surface area contributed by atoms with Crippen molar-refractivity contribution in [2.45, 2.75) is 6.92 Å². The lowest BCUT2D eigenvalue weighted by Crippen LogP contribution is -1.62. The molecule has 1 nitrogen and oxygen atoms in total. The Kier molecular flexibility index (Phi) is 27.1. The molecule has 68 valence electrons. The van der Waals surface area contributed by atoms with E-state index < -0.39 is 0 Å². The smallest absolute Gasteiger partial charge is 0.0398 e. The van der Waals surface area contributed by atoms with E-state index in [1.807, 2.05) is 18.2 Å². The lowest BCUT2D eigenvalue weighted by Gasteiger charge is -1.82. The molecular weight excluding hydrogens is 338 g/mol. The summed E-state index contributed by atoms with van der Waals surface area (Å²) < 4.78 is 0. The first-order chi connectivity index (χ1) is 3.39. The minimum atomic E-state index is 0. The largest absolute Gasteiger partial charge is 0.344 e. The van der Waals surface area contributed by atoms with Gasteiger partial charge in [0, 0.05) is 0 Å². The summed E-state index contributed by atoms with van der Waals surface area (Å²) in [4.78, 5) is 0. The first-order valence-corrected chi connectivity index (χ1v) is 2.41. The zero-order valence-electron chi connectivity index (χ0n) is 6.32. The molecule has 0 radical (unpaired) electrons. The third-order valence-corrected chi connectivity index (χ3v) is 0.940. The molecule has 0 atom stereocenters. The van der Waals surface area contributed by atoms with Crippen molar-refractivity contribution in [3.63, 3.8) is 0 Å². The number of hydrogen-bond donors (Lipinski definition) is 1. The summed E-state index contributed by atoms with van der Waals surface area (Å²) in [5.41, 5.74) is 1.32. The molecule has 0 aromatic heterocycles. The first kappa shape index (κ1) is 22.6. The Morgan fingerprint density at radius 3 is 1.36 bits per heavy atom. The summed E-state index contributed by atoms with van der Waals surface area (Å²) in [6, 6.07) is 10.3. The van der Waals surface area contributed by atoms with Crippen LogP contribution in [0.5, 0.6) is 0 Å². The zero-order valence-corrected chi connectivity index (χ0v) is 11.5. The Labute approximate surface area is 99.5 Å². The molecule has 0 amide bonds. The van der Waals surface area contributed by atoms with Crippen LogP contribution < -0.4 is 6.15 Å². The number of aryl methyl sites for hydroxylation is 1. The van der Waals surface area contributed by atoms with Gasteiger partial charge in [-0.05, 0) is 6.92 Å². The van der Waals surface area contributed by atoms with Crippen molar-refractivity contribution in [2.24, 2.45) is 0 Å². The second-order valence-electron chi connectivity index (χ2n) is 1.65. The fourth-order valence-electron chi connectivity index (χ4n) is 0.534. The van der Waals surface area contributed by atoms with Gasteiger partial charge in [0.2, 0.25) is 0 Å². The van der Waals surface area contributed by atoms with E-state index in [9.17, 15) is 0 Å². The van der Waals surface area contributed by atoms with Crippen molar-refractivity contribution in [3.05, 3.63) is 35.9 Å². The molecule has 0 aliphatic rings. The van der Waals surface area contributed by atoms with E-state index in [1.165, 1.54) is 5.56 Å². The molecule has 0 spiro atoms. The van der Waals surface area contributed by atoms with Crippen LogP contribution in [0.15, 0.2) is 30.3 Å². The van der Waals surface area contributed by atoms with E-state index in [0.717, 1.165) is 0 Å². The number of halogens is 3. The van der Waals surface area contributed by atoms with Crippen molar-refractivity contribution >= 4 is 50.9 Å². The molecule has 0 saturated heterocycles. The molecule has 1 rings (SSSR count). The van der Waals surface area contributed by atoms with Crippen LogP contribution in [0.4, 0.5) is 0 Å². The quantitative estimate of drug-likeness (QED) is 0.756. The van der Waals surface area contributed by atoms with Crippen molar-refractivity contribution in [1.82, 2.24) is 6.15 Å². The Hall–Kier alpha value is 0.620. The summed E-state index contributed by atoms with van der Waals surface area (Å²) in [6.07, 6.45) is 0. The maximum absolute atomic E-state index is 2.08. The van der Waals surface area contributed by atoms with Crippen LogP contribution in [-0.2, 0) is 0 Å². The lowest BCUT2D eigenvalue weighted by atomic mass is 10.2. The summed E-state index contributed by atoms with van der Waals surface area (Å²) >= 11 is 0. The summed E-state index contributed by atoms with van der Waals surface area (Å²) in [5, 5.41) is 0. The van der Waals surface area contributed by atoms with Gasteiger partial charge in [0.15, 0.2) is 0 Å². The Morgan fingerprint density at radius 2 is 1.18 bits per heavy atom. The van der Waals surface area contributed by atoms with Gasteiger partial charge in [-0.1, -0.05) is 35.9 Å². The third-order valence-electron chi connectivity index (χ3n) is 0.940. The summed E-state index contributed by atoms with van der Waals surface area (Å²) in [7, 11) is 0. The van der Waals surface area contributed by atoms with E-state index in [0.29, 0.717) is 0 Å². The Morgan fingerprint density at radius 1 is 0.818 bits per heavy atom. The minimum Gasteiger partial charge on any atom is -0.344 e. The van der Waals surface area contributed by atoms with Crippen LogP contribution in [0.25, 0.3) is 0 Å². The van der Waals surface area contributed by atoms with Gasteiger partial charge in [-0.25, -0.2) is 0 Å². The highest BCUT2D eigenvalue weighted by molar-refractivity contribution is 8.93. The van der Waals surface area contributed by atoms with Gasteiger partial charge in [-0.3, -0.25) is 0 Å². The lowest BCUT2D eigenvalue weighted by molar-refractivity contribution is 1.48. The van der Waals surface area contributed by atoms with Crippen LogP contribution >= 0.6 is 50.9 Å². The molecule has 4 heteroatoms. The van der Waals surface area contributed by atoms with Crippen LogP contribution in [0.1, 0.15) is 5.56 Å². The molecule has 1 aromatic rings. The molecule has 0 aliphatic heterocycles. The molecule has 0 saturated carbocycles. The van der Waals surface area contributed by atoms with Gasteiger partial charge < -0.3 is 6.15 Å². The second kappa shape index (κ2) is 13.2. The Bertz CT molecular complexity index is 144. The highest BCUT2D eigenvalue weighted by Crippen LogP contribution is 1.92. The normalized spacial score (nSPS) is 5.55. The molecule has 11 heavy (non-hydrogen) atoms. The van der Waals surface area contributed by atoms with E-state index >= 15 is 0 Å². The van der Waals surface area contributed by atoms with E-state index in [4.69, 9.17) is 0 Å². The minimum absolute atomic E-state index is 0. The second-order valence-corrected chi connectivity index (χ2v) is 1.65. The zero-order chi connectivity index (χ0) is 5.11. The van der Waals surface area contributed by atoms with Crippen LogP contribution in [0.3, 0.4) is 0 Å². The fraction of sp³-hybridized carbons (Fsp3) is 0.143. The standard InChI is InChI=1S/C7H8.3BrH.H3N/c1-7-5-3-2-4-6-7;;;;/h2-6H,1H3;3*1H;1H3. The maximum Gasteiger partial charge on any atom is -0.0398 e. The van der Waals surface area contributed by atoms with Gasteiger partial charge in [0.1, 0.15) is 0 Å².